The minimum atomic E-state index is 0.169. The van der Waals surface area contributed by atoms with Crippen molar-refractivity contribution in [2.45, 2.75) is 52.5 Å². The standard InChI is InChI=1S/C16H25NO/c1-3-4-6-9-14(2)12-16(18)17-13-15-10-7-5-8-11-15/h5,7-8,10-11,14H,3-4,6,9,12-13H2,1-2H3,(H,17,18). The molecule has 1 rings (SSSR count). The van der Waals surface area contributed by atoms with Crippen LogP contribution in [-0.2, 0) is 11.3 Å². The third kappa shape index (κ3) is 6.43. The fourth-order valence-corrected chi connectivity index (χ4v) is 2.03. The van der Waals surface area contributed by atoms with Gasteiger partial charge in [0, 0.05) is 13.0 Å². The lowest BCUT2D eigenvalue weighted by atomic mass is 9.99. The summed E-state index contributed by atoms with van der Waals surface area (Å²) in [5, 5.41) is 2.98. The number of amides is 1. The van der Waals surface area contributed by atoms with Crippen LogP contribution in [0.15, 0.2) is 30.3 Å². The number of rotatable bonds is 8. The molecule has 100 valence electrons. The molecule has 2 nitrogen and oxygen atoms in total. The monoisotopic (exact) mass is 247 g/mol. The predicted octanol–water partition coefficient (Wildman–Crippen LogP) is 3.91. The van der Waals surface area contributed by atoms with Crippen LogP contribution in [0.25, 0.3) is 0 Å². The SMILES string of the molecule is CCCCCC(C)CC(=O)NCc1ccccc1. The van der Waals surface area contributed by atoms with Gasteiger partial charge in [0.2, 0.25) is 5.91 Å². The van der Waals surface area contributed by atoms with Gasteiger partial charge in [-0.05, 0) is 11.5 Å². The van der Waals surface area contributed by atoms with E-state index in [4.69, 9.17) is 0 Å². The molecular weight excluding hydrogens is 222 g/mol. The molecule has 1 aromatic rings. The summed E-state index contributed by atoms with van der Waals surface area (Å²) in [6.45, 7) is 5.01. The molecule has 18 heavy (non-hydrogen) atoms. The Labute approximate surface area is 111 Å². The summed E-state index contributed by atoms with van der Waals surface area (Å²) < 4.78 is 0. The normalized spacial score (nSPS) is 12.1. The number of carbonyl (C=O) groups is 1. The first-order valence-corrected chi connectivity index (χ1v) is 7.03. The maximum atomic E-state index is 11.7. The quantitative estimate of drug-likeness (QED) is 0.693. The zero-order chi connectivity index (χ0) is 13.2. The van der Waals surface area contributed by atoms with Gasteiger partial charge in [-0.2, -0.15) is 0 Å². The minimum absolute atomic E-state index is 0.169. The van der Waals surface area contributed by atoms with E-state index < -0.39 is 0 Å². The molecule has 1 amide bonds. The second-order valence-corrected chi connectivity index (χ2v) is 5.07. The average Bonchev–Trinajstić information content (AvgIpc) is 2.38. The third-order valence-corrected chi connectivity index (χ3v) is 3.17. The van der Waals surface area contributed by atoms with Crippen LogP contribution < -0.4 is 5.32 Å². The fourth-order valence-electron chi connectivity index (χ4n) is 2.03. The Bertz CT molecular complexity index is 334. The van der Waals surface area contributed by atoms with Crippen molar-refractivity contribution in [1.29, 1.82) is 0 Å². The topological polar surface area (TPSA) is 29.1 Å². The smallest absolute Gasteiger partial charge is 0.220 e. The second-order valence-electron chi connectivity index (χ2n) is 5.07. The van der Waals surface area contributed by atoms with E-state index in [2.05, 4.69) is 19.2 Å². The van der Waals surface area contributed by atoms with Crippen LogP contribution in [0.3, 0.4) is 0 Å². The number of carbonyl (C=O) groups excluding carboxylic acids is 1. The van der Waals surface area contributed by atoms with Crippen LogP contribution in [0, 0.1) is 5.92 Å². The van der Waals surface area contributed by atoms with Crippen molar-refractivity contribution >= 4 is 5.91 Å². The van der Waals surface area contributed by atoms with E-state index in [9.17, 15) is 4.79 Å². The Morgan fingerprint density at radius 3 is 2.61 bits per heavy atom. The molecule has 0 saturated heterocycles. The summed E-state index contributed by atoms with van der Waals surface area (Å²) in [5.74, 6) is 0.662. The molecule has 1 N–H and O–H groups in total. The van der Waals surface area contributed by atoms with Gasteiger partial charge in [0.1, 0.15) is 0 Å². The van der Waals surface area contributed by atoms with E-state index in [1.807, 2.05) is 30.3 Å². The van der Waals surface area contributed by atoms with Crippen LogP contribution in [0.5, 0.6) is 0 Å². The minimum Gasteiger partial charge on any atom is -0.352 e. The molecule has 0 fully saturated rings. The van der Waals surface area contributed by atoms with Gasteiger partial charge in [-0.1, -0.05) is 69.9 Å². The van der Waals surface area contributed by atoms with Crippen LogP contribution >= 0.6 is 0 Å². The van der Waals surface area contributed by atoms with E-state index in [0.717, 1.165) is 12.0 Å². The summed E-state index contributed by atoms with van der Waals surface area (Å²) in [5.41, 5.74) is 1.16. The summed E-state index contributed by atoms with van der Waals surface area (Å²) >= 11 is 0. The van der Waals surface area contributed by atoms with Gasteiger partial charge in [-0.15, -0.1) is 0 Å². The van der Waals surface area contributed by atoms with Gasteiger partial charge in [0.15, 0.2) is 0 Å². The molecule has 0 aromatic heterocycles. The maximum absolute atomic E-state index is 11.7. The molecule has 1 atom stereocenters. The highest BCUT2D eigenvalue weighted by Crippen LogP contribution is 2.12. The van der Waals surface area contributed by atoms with E-state index >= 15 is 0 Å². The molecule has 0 radical (unpaired) electrons. The Hall–Kier alpha value is -1.31. The van der Waals surface area contributed by atoms with Gasteiger partial charge in [-0.3, -0.25) is 4.79 Å². The van der Waals surface area contributed by atoms with Gasteiger partial charge >= 0.3 is 0 Å². The number of nitrogens with one attached hydrogen (secondary N) is 1. The predicted molar refractivity (Wildman–Crippen MR) is 76.2 cm³/mol. The second kappa shape index (κ2) is 8.73. The first kappa shape index (κ1) is 14.7. The lowest BCUT2D eigenvalue weighted by Crippen LogP contribution is -2.24. The highest BCUT2D eigenvalue weighted by atomic mass is 16.1. The molecule has 0 spiro atoms. The van der Waals surface area contributed by atoms with Gasteiger partial charge in [-0.25, -0.2) is 0 Å². The first-order chi connectivity index (χ1) is 8.72. The van der Waals surface area contributed by atoms with Gasteiger partial charge in [0.05, 0.1) is 0 Å². The first-order valence-electron chi connectivity index (χ1n) is 7.03. The highest BCUT2D eigenvalue weighted by molar-refractivity contribution is 5.76. The van der Waals surface area contributed by atoms with E-state index in [-0.39, 0.29) is 5.91 Å². The molecule has 1 aromatic carbocycles. The summed E-state index contributed by atoms with van der Waals surface area (Å²) in [6.07, 6.45) is 5.57. The highest BCUT2D eigenvalue weighted by Gasteiger charge is 2.08. The Morgan fingerprint density at radius 2 is 1.94 bits per heavy atom. The Balaban J connectivity index is 2.17. The van der Waals surface area contributed by atoms with E-state index in [0.29, 0.717) is 18.9 Å². The fraction of sp³-hybridized carbons (Fsp3) is 0.562. The summed E-state index contributed by atoms with van der Waals surface area (Å²) in [4.78, 5) is 11.7. The van der Waals surface area contributed by atoms with Crippen molar-refractivity contribution < 1.29 is 4.79 Å². The van der Waals surface area contributed by atoms with Crippen molar-refractivity contribution in [3.05, 3.63) is 35.9 Å². The maximum Gasteiger partial charge on any atom is 0.220 e. The number of unbranched alkanes of at least 4 members (excludes halogenated alkanes) is 2. The van der Waals surface area contributed by atoms with Gasteiger partial charge < -0.3 is 5.32 Å². The molecule has 0 saturated carbocycles. The van der Waals surface area contributed by atoms with Crippen molar-refractivity contribution in [3.8, 4) is 0 Å². The zero-order valence-electron chi connectivity index (χ0n) is 11.6. The van der Waals surface area contributed by atoms with Crippen molar-refractivity contribution in [3.63, 3.8) is 0 Å². The average molecular weight is 247 g/mol. The van der Waals surface area contributed by atoms with Crippen LogP contribution in [0.4, 0.5) is 0 Å². The third-order valence-electron chi connectivity index (χ3n) is 3.17. The lowest BCUT2D eigenvalue weighted by molar-refractivity contribution is -0.122. The molecule has 1 unspecified atom stereocenters. The van der Waals surface area contributed by atoms with E-state index in [1.165, 1.54) is 19.3 Å². The molecule has 2 heteroatoms. The molecule has 0 aliphatic carbocycles. The largest absolute Gasteiger partial charge is 0.352 e. The van der Waals surface area contributed by atoms with Crippen LogP contribution in [0.1, 0.15) is 51.5 Å². The van der Waals surface area contributed by atoms with Gasteiger partial charge in [0.25, 0.3) is 0 Å². The number of benzene rings is 1. The summed E-state index contributed by atoms with van der Waals surface area (Å²) in [6, 6.07) is 10.0. The summed E-state index contributed by atoms with van der Waals surface area (Å²) in [7, 11) is 0. The number of hydrogen-bond donors (Lipinski definition) is 1. The van der Waals surface area contributed by atoms with Crippen LogP contribution in [0.2, 0.25) is 0 Å². The number of hydrogen-bond acceptors (Lipinski definition) is 1. The molecule has 0 aliphatic rings. The lowest BCUT2D eigenvalue weighted by Gasteiger charge is -2.11. The van der Waals surface area contributed by atoms with Crippen molar-refractivity contribution in [2.75, 3.05) is 0 Å². The molecule has 0 aliphatic heterocycles. The van der Waals surface area contributed by atoms with Crippen LogP contribution in [-0.4, -0.2) is 5.91 Å². The Morgan fingerprint density at radius 1 is 1.22 bits per heavy atom. The van der Waals surface area contributed by atoms with Crippen molar-refractivity contribution in [2.24, 2.45) is 5.92 Å². The van der Waals surface area contributed by atoms with Crippen molar-refractivity contribution in [1.82, 2.24) is 5.32 Å². The zero-order valence-corrected chi connectivity index (χ0v) is 11.6. The molecule has 0 bridgehead atoms. The van der Waals surface area contributed by atoms with E-state index in [1.54, 1.807) is 0 Å². The molecule has 0 heterocycles. The Kier molecular flexibility index (Phi) is 7.16. The molecular formula is C16H25NO.